The van der Waals surface area contributed by atoms with E-state index in [1.54, 1.807) is 0 Å². The van der Waals surface area contributed by atoms with Gasteiger partial charge in [0.25, 0.3) is 0 Å². The third-order valence-electron chi connectivity index (χ3n) is 3.36. The van der Waals surface area contributed by atoms with Gasteiger partial charge in [-0.3, -0.25) is 0 Å². The molecule has 0 aromatic heterocycles. The summed E-state index contributed by atoms with van der Waals surface area (Å²) in [5, 5.41) is 3.98. The normalized spacial score (nSPS) is 23.8. The Labute approximate surface area is 101 Å². The average molecular weight is 232 g/mol. The molecule has 2 rings (SSSR count). The molecule has 1 heterocycles. The van der Waals surface area contributed by atoms with Crippen molar-refractivity contribution in [2.24, 2.45) is 5.10 Å². The molecule has 0 saturated carbocycles. The molecule has 17 heavy (non-hydrogen) atoms. The Morgan fingerprint density at radius 2 is 1.94 bits per heavy atom. The first kappa shape index (κ1) is 11.6. The molecule has 4 nitrogen and oxygen atoms in total. The Morgan fingerprint density at radius 3 is 2.59 bits per heavy atom. The Hall–Kier alpha value is -1.84. The fourth-order valence-electron chi connectivity index (χ4n) is 1.82. The molecular formula is C13H16N2O2. The second-order valence-corrected chi connectivity index (χ2v) is 4.53. The monoisotopic (exact) mass is 232 g/mol. The van der Waals surface area contributed by atoms with E-state index in [-0.39, 0.29) is 0 Å². The van der Waals surface area contributed by atoms with Gasteiger partial charge in [-0.15, -0.1) is 0 Å². The highest BCUT2D eigenvalue weighted by Crippen LogP contribution is 2.30. The van der Waals surface area contributed by atoms with E-state index in [1.807, 2.05) is 39.0 Å². The number of carbonyl (C=O) groups is 1. The van der Waals surface area contributed by atoms with Gasteiger partial charge < -0.3 is 4.74 Å². The number of nitrogens with one attached hydrogen (secondary N) is 1. The molecule has 0 spiro atoms. The molecule has 0 radical (unpaired) electrons. The first-order chi connectivity index (χ1) is 7.93. The van der Waals surface area contributed by atoms with Crippen LogP contribution in [0, 0.1) is 13.8 Å². The van der Waals surface area contributed by atoms with Crippen LogP contribution >= 0.6 is 0 Å². The van der Waals surface area contributed by atoms with Gasteiger partial charge in [0, 0.05) is 5.56 Å². The molecule has 1 unspecified atom stereocenters. The molecule has 0 bridgehead atoms. The van der Waals surface area contributed by atoms with Gasteiger partial charge in [-0.1, -0.05) is 18.2 Å². The van der Waals surface area contributed by atoms with Crippen LogP contribution in [0.5, 0.6) is 0 Å². The van der Waals surface area contributed by atoms with E-state index >= 15 is 0 Å². The molecular weight excluding hydrogens is 216 g/mol. The zero-order valence-corrected chi connectivity index (χ0v) is 10.5. The van der Waals surface area contributed by atoms with E-state index in [0.29, 0.717) is 0 Å². The van der Waals surface area contributed by atoms with E-state index in [2.05, 4.69) is 17.5 Å². The number of benzene rings is 1. The minimum Gasteiger partial charge on any atom is -0.431 e. The van der Waals surface area contributed by atoms with Gasteiger partial charge in [0.15, 0.2) is 5.60 Å². The van der Waals surface area contributed by atoms with Gasteiger partial charge in [0.1, 0.15) is 0 Å². The van der Waals surface area contributed by atoms with Crippen molar-refractivity contribution >= 4 is 11.8 Å². The lowest BCUT2D eigenvalue weighted by molar-refractivity contribution is 0.0626. The summed E-state index contributed by atoms with van der Waals surface area (Å²) in [6.07, 6.45) is -0.517. The maximum absolute atomic E-state index is 11.3. The fourth-order valence-corrected chi connectivity index (χ4v) is 1.82. The number of hydrogen-bond donors (Lipinski definition) is 1. The largest absolute Gasteiger partial charge is 0.431 e. The minimum atomic E-state index is -0.777. The van der Waals surface area contributed by atoms with Crippen LogP contribution < -0.4 is 5.43 Å². The first-order valence-corrected chi connectivity index (χ1v) is 5.55. The van der Waals surface area contributed by atoms with E-state index in [9.17, 15) is 4.79 Å². The predicted molar refractivity (Wildman–Crippen MR) is 66.0 cm³/mol. The van der Waals surface area contributed by atoms with E-state index in [4.69, 9.17) is 4.74 Å². The van der Waals surface area contributed by atoms with Gasteiger partial charge >= 0.3 is 6.09 Å². The summed E-state index contributed by atoms with van der Waals surface area (Å²) in [7, 11) is 0. The van der Waals surface area contributed by atoms with Crippen LogP contribution in [0.25, 0.3) is 0 Å². The molecule has 1 aromatic rings. The average Bonchev–Trinajstić information content (AvgIpc) is 2.28. The van der Waals surface area contributed by atoms with Gasteiger partial charge in [-0.05, 0) is 38.8 Å². The van der Waals surface area contributed by atoms with E-state index < -0.39 is 11.7 Å². The second kappa shape index (κ2) is 3.87. The molecule has 1 aromatic carbocycles. The summed E-state index contributed by atoms with van der Waals surface area (Å²) in [6, 6.07) is 6.03. The highest BCUT2D eigenvalue weighted by molar-refractivity contribution is 5.95. The number of rotatable bonds is 1. The number of hydrazone groups is 1. The first-order valence-electron chi connectivity index (χ1n) is 5.55. The number of nitrogens with zero attached hydrogens (tertiary/aromatic N) is 1. The van der Waals surface area contributed by atoms with Crippen molar-refractivity contribution in [1.29, 1.82) is 0 Å². The molecule has 1 aliphatic rings. The Bertz CT molecular complexity index is 508. The zero-order chi connectivity index (χ0) is 12.6. The van der Waals surface area contributed by atoms with Gasteiger partial charge in [0.2, 0.25) is 0 Å². The van der Waals surface area contributed by atoms with Crippen molar-refractivity contribution in [3.63, 3.8) is 0 Å². The van der Waals surface area contributed by atoms with Crippen molar-refractivity contribution in [3.8, 4) is 0 Å². The van der Waals surface area contributed by atoms with E-state index in [1.165, 1.54) is 11.1 Å². The quantitative estimate of drug-likeness (QED) is 0.809. The van der Waals surface area contributed by atoms with Gasteiger partial charge in [-0.25, -0.2) is 10.2 Å². The maximum Gasteiger partial charge on any atom is 0.429 e. The summed E-state index contributed by atoms with van der Waals surface area (Å²) < 4.78 is 5.39. The lowest BCUT2D eigenvalue weighted by Crippen LogP contribution is -2.44. The summed E-state index contributed by atoms with van der Waals surface area (Å²) in [4.78, 5) is 11.3. The summed E-state index contributed by atoms with van der Waals surface area (Å²) >= 11 is 0. The van der Waals surface area contributed by atoms with E-state index in [0.717, 1.165) is 11.3 Å². The molecule has 90 valence electrons. The number of hydrogen-bond acceptors (Lipinski definition) is 3. The lowest BCUT2D eigenvalue weighted by atomic mass is 9.89. The van der Waals surface area contributed by atoms with Crippen LogP contribution in [-0.4, -0.2) is 11.8 Å². The van der Waals surface area contributed by atoms with Crippen molar-refractivity contribution in [3.05, 3.63) is 34.9 Å². The number of aryl methyl sites for hydroxylation is 2. The lowest BCUT2D eigenvalue weighted by Gasteiger charge is -2.32. The molecule has 1 N–H and O–H groups in total. The maximum atomic E-state index is 11.3. The zero-order valence-electron chi connectivity index (χ0n) is 10.5. The van der Waals surface area contributed by atoms with Crippen molar-refractivity contribution in [2.45, 2.75) is 33.3 Å². The van der Waals surface area contributed by atoms with Crippen LogP contribution in [0.1, 0.15) is 30.5 Å². The number of cyclic esters (lactones) is 1. The van der Waals surface area contributed by atoms with Crippen LogP contribution in [0.4, 0.5) is 4.79 Å². The molecule has 0 saturated heterocycles. The molecule has 0 fully saturated rings. The van der Waals surface area contributed by atoms with Crippen molar-refractivity contribution in [2.75, 3.05) is 0 Å². The summed E-state index contributed by atoms with van der Waals surface area (Å²) in [5.41, 5.74) is 5.60. The predicted octanol–water partition coefficient (Wildman–Crippen LogP) is 2.63. The van der Waals surface area contributed by atoms with Crippen molar-refractivity contribution < 1.29 is 9.53 Å². The number of ether oxygens (including phenoxy) is 1. The van der Waals surface area contributed by atoms with Gasteiger partial charge in [-0.2, -0.15) is 5.10 Å². The molecule has 1 aliphatic heterocycles. The third kappa shape index (κ3) is 1.90. The molecule has 0 aliphatic carbocycles. The third-order valence-corrected chi connectivity index (χ3v) is 3.36. The standard InChI is InChI=1S/C13H16N2O2/c1-8-5-6-11(7-9(8)2)13(4)10(3)14-15-12(16)17-13/h5-7H,1-4H3,(H,15,16). The Balaban J connectivity index is 2.50. The van der Waals surface area contributed by atoms with Crippen molar-refractivity contribution in [1.82, 2.24) is 5.43 Å². The van der Waals surface area contributed by atoms with Gasteiger partial charge in [0.05, 0.1) is 5.71 Å². The van der Waals surface area contributed by atoms with Crippen LogP contribution in [-0.2, 0) is 10.3 Å². The number of amides is 1. The molecule has 4 heteroatoms. The number of carbonyl (C=O) groups excluding carboxylic acids is 1. The Kier molecular flexibility index (Phi) is 2.65. The highest BCUT2D eigenvalue weighted by Gasteiger charge is 2.37. The smallest absolute Gasteiger partial charge is 0.429 e. The fraction of sp³-hybridized carbons (Fsp3) is 0.385. The summed E-state index contributed by atoms with van der Waals surface area (Å²) in [5.74, 6) is 0. The van der Waals surface area contributed by atoms with Crippen LogP contribution in [0.15, 0.2) is 23.3 Å². The highest BCUT2D eigenvalue weighted by atomic mass is 16.6. The molecule has 1 atom stereocenters. The SMILES string of the molecule is CC1=NNC(=O)OC1(C)c1ccc(C)c(C)c1. The molecule has 1 amide bonds. The second-order valence-electron chi connectivity index (χ2n) is 4.53. The topological polar surface area (TPSA) is 50.7 Å². The Morgan fingerprint density at radius 1 is 1.24 bits per heavy atom. The van der Waals surface area contributed by atoms with Crippen LogP contribution in [0.2, 0.25) is 0 Å². The summed E-state index contributed by atoms with van der Waals surface area (Å²) in [6.45, 7) is 7.79. The minimum absolute atomic E-state index is 0.517. The van der Waals surface area contributed by atoms with Crippen LogP contribution in [0.3, 0.4) is 0 Å².